The fourth-order valence-electron chi connectivity index (χ4n) is 2.51. The summed E-state index contributed by atoms with van der Waals surface area (Å²) in [4.78, 5) is 10.7. The molecule has 0 aromatic rings. The van der Waals surface area contributed by atoms with Crippen LogP contribution in [0.2, 0.25) is 0 Å². The molecule has 3 rings (SSSR count). The van der Waals surface area contributed by atoms with Gasteiger partial charge in [-0.3, -0.25) is 10.1 Å². The van der Waals surface area contributed by atoms with Crippen LogP contribution < -0.4 is 0 Å². The van der Waals surface area contributed by atoms with Crippen molar-refractivity contribution in [2.45, 2.75) is 43.0 Å². The molecule has 0 amide bonds. The lowest BCUT2D eigenvalue weighted by Crippen LogP contribution is -2.73. The Labute approximate surface area is 79.8 Å². The zero-order valence-electron chi connectivity index (χ0n) is 7.26. The Morgan fingerprint density at radius 2 is 1.83 bits per heavy atom. The highest BCUT2D eigenvalue weighted by Crippen LogP contribution is 2.75. The van der Waals surface area contributed by atoms with Gasteiger partial charge in [-0.25, -0.2) is 0 Å². The molecule has 3 aliphatic carbocycles. The summed E-state index contributed by atoms with van der Waals surface area (Å²) in [7, 11) is 0. The molecule has 3 saturated carbocycles. The van der Waals surface area contributed by atoms with Crippen molar-refractivity contribution in [3.63, 3.8) is 0 Å². The first-order chi connectivity index (χ1) is 5.31. The van der Waals surface area contributed by atoms with Gasteiger partial charge >= 0.3 is 0 Å². The largest absolute Gasteiger partial charge is 0.264 e. The molecule has 0 aliphatic heterocycles. The first-order valence-electron chi connectivity index (χ1n) is 4.15. The van der Waals surface area contributed by atoms with E-state index in [2.05, 4.69) is 15.9 Å². The van der Waals surface area contributed by atoms with Gasteiger partial charge in [0.2, 0.25) is 5.54 Å². The number of rotatable bonds is 2. The maximum atomic E-state index is 10.8. The molecule has 12 heavy (non-hydrogen) atoms. The number of hydrogen-bond donors (Lipinski definition) is 0. The second-order valence-electron chi connectivity index (χ2n) is 4.78. The summed E-state index contributed by atoms with van der Waals surface area (Å²) in [5, 5.41) is 10.8. The van der Waals surface area contributed by atoms with Crippen molar-refractivity contribution in [2.24, 2.45) is 5.41 Å². The summed E-state index contributed by atoms with van der Waals surface area (Å²) in [6.07, 6.45) is 2.94. The lowest BCUT2D eigenvalue weighted by atomic mass is 9.38. The number of hydrogen-bond acceptors (Lipinski definition) is 2. The van der Waals surface area contributed by atoms with E-state index in [0.717, 1.165) is 19.3 Å². The Morgan fingerprint density at radius 3 is 2.08 bits per heavy atom. The standard InChI is InChI=1S/C8H12BrNO2/c1-6(2,10(11)12)7-3-8(9,4-7)5-7/h3-5H2,1-2H3. The predicted octanol–water partition coefficient (Wildman–Crippen LogP) is 2.36. The summed E-state index contributed by atoms with van der Waals surface area (Å²) in [5.74, 6) is 0. The van der Waals surface area contributed by atoms with E-state index < -0.39 is 5.54 Å². The van der Waals surface area contributed by atoms with Gasteiger partial charge in [0.25, 0.3) is 0 Å². The Bertz CT molecular complexity index is 242. The highest BCUT2D eigenvalue weighted by Gasteiger charge is 2.76. The third-order valence-electron chi connectivity index (χ3n) is 3.72. The predicted molar refractivity (Wildman–Crippen MR) is 49.0 cm³/mol. The molecule has 0 heterocycles. The van der Waals surface area contributed by atoms with E-state index in [4.69, 9.17) is 0 Å². The van der Waals surface area contributed by atoms with Crippen molar-refractivity contribution in [3.8, 4) is 0 Å². The first kappa shape index (κ1) is 8.48. The molecule has 0 unspecified atom stereocenters. The van der Waals surface area contributed by atoms with Crippen LogP contribution in [-0.2, 0) is 0 Å². The van der Waals surface area contributed by atoms with Gasteiger partial charge in [0.05, 0.1) is 0 Å². The monoisotopic (exact) mass is 233 g/mol. The van der Waals surface area contributed by atoms with Crippen LogP contribution in [0.3, 0.4) is 0 Å². The van der Waals surface area contributed by atoms with Gasteiger partial charge in [0.15, 0.2) is 0 Å². The highest BCUT2D eigenvalue weighted by molar-refractivity contribution is 9.10. The Morgan fingerprint density at radius 1 is 1.42 bits per heavy atom. The molecule has 0 radical (unpaired) electrons. The Balaban J connectivity index is 2.17. The van der Waals surface area contributed by atoms with E-state index in [9.17, 15) is 10.1 Å². The van der Waals surface area contributed by atoms with E-state index in [1.165, 1.54) is 0 Å². The van der Waals surface area contributed by atoms with Gasteiger partial charge in [-0.1, -0.05) is 15.9 Å². The first-order valence-corrected chi connectivity index (χ1v) is 4.94. The van der Waals surface area contributed by atoms with Crippen molar-refractivity contribution < 1.29 is 4.92 Å². The van der Waals surface area contributed by atoms with Crippen molar-refractivity contribution in [2.75, 3.05) is 0 Å². The molecule has 68 valence electrons. The van der Waals surface area contributed by atoms with E-state index in [0.29, 0.717) is 0 Å². The van der Waals surface area contributed by atoms with Crippen LogP contribution >= 0.6 is 15.9 Å². The molecule has 3 fully saturated rings. The smallest absolute Gasteiger partial charge is 0.222 e. The van der Waals surface area contributed by atoms with Crippen LogP contribution in [0.25, 0.3) is 0 Å². The number of nitro groups is 1. The zero-order valence-corrected chi connectivity index (χ0v) is 8.85. The maximum Gasteiger partial charge on any atom is 0.222 e. The van der Waals surface area contributed by atoms with Crippen molar-refractivity contribution in [1.82, 2.24) is 0 Å². The maximum absolute atomic E-state index is 10.8. The normalized spacial score (nSPS) is 44.6. The van der Waals surface area contributed by atoms with Crippen LogP contribution in [0.5, 0.6) is 0 Å². The van der Waals surface area contributed by atoms with Gasteiger partial charge in [0, 0.05) is 28.5 Å². The third-order valence-corrected chi connectivity index (χ3v) is 4.56. The minimum absolute atomic E-state index is 0. The average Bonchev–Trinajstić information content (AvgIpc) is 1.78. The third kappa shape index (κ3) is 0.721. The summed E-state index contributed by atoms with van der Waals surface area (Å²) in [6.45, 7) is 3.50. The van der Waals surface area contributed by atoms with Gasteiger partial charge in [0.1, 0.15) is 0 Å². The van der Waals surface area contributed by atoms with Crippen LogP contribution in [0.1, 0.15) is 33.1 Å². The number of alkyl halides is 1. The topological polar surface area (TPSA) is 43.1 Å². The van der Waals surface area contributed by atoms with Gasteiger partial charge < -0.3 is 0 Å². The lowest BCUT2D eigenvalue weighted by molar-refractivity contribution is -0.598. The summed E-state index contributed by atoms with van der Waals surface area (Å²) < 4.78 is 0.278. The Kier molecular flexibility index (Phi) is 1.32. The van der Waals surface area contributed by atoms with Crippen LogP contribution in [-0.4, -0.2) is 14.8 Å². The van der Waals surface area contributed by atoms with Crippen molar-refractivity contribution in [3.05, 3.63) is 10.1 Å². The quantitative estimate of drug-likeness (QED) is 0.418. The molecule has 4 heteroatoms. The molecule has 3 nitrogen and oxygen atoms in total. The second kappa shape index (κ2) is 1.86. The number of halogens is 1. The average molecular weight is 234 g/mol. The molecule has 0 atom stereocenters. The Hall–Kier alpha value is -0.120. The number of nitrogens with zero attached hydrogens (tertiary/aromatic N) is 1. The van der Waals surface area contributed by atoms with Gasteiger partial charge in [-0.15, -0.1) is 0 Å². The zero-order chi connectivity index (χ0) is 9.20. The molecule has 0 saturated heterocycles. The summed E-state index contributed by atoms with van der Waals surface area (Å²) in [5.41, 5.74) is -0.734. The molecule has 3 aliphatic rings. The van der Waals surface area contributed by atoms with Crippen molar-refractivity contribution in [1.29, 1.82) is 0 Å². The molecule has 0 aromatic carbocycles. The van der Waals surface area contributed by atoms with Crippen LogP contribution in [0.4, 0.5) is 0 Å². The molecule has 2 bridgehead atoms. The fraction of sp³-hybridized carbons (Fsp3) is 1.00. The lowest BCUT2D eigenvalue weighted by Gasteiger charge is -2.70. The van der Waals surface area contributed by atoms with Crippen LogP contribution in [0.15, 0.2) is 0 Å². The van der Waals surface area contributed by atoms with Gasteiger partial charge in [-0.2, -0.15) is 0 Å². The van der Waals surface area contributed by atoms with Crippen LogP contribution in [0, 0.1) is 15.5 Å². The highest BCUT2D eigenvalue weighted by atomic mass is 79.9. The molecular weight excluding hydrogens is 222 g/mol. The minimum atomic E-state index is -0.734. The SMILES string of the molecule is CC(C)([N+](=O)[O-])C12CC(Br)(C1)C2. The van der Waals surface area contributed by atoms with E-state index in [1.807, 2.05) is 0 Å². The van der Waals surface area contributed by atoms with E-state index in [1.54, 1.807) is 13.8 Å². The van der Waals surface area contributed by atoms with E-state index in [-0.39, 0.29) is 14.7 Å². The molecule has 0 N–H and O–H groups in total. The van der Waals surface area contributed by atoms with E-state index >= 15 is 0 Å². The van der Waals surface area contributed by atoms with Gasteiger partial charge in [-0.05, 0) is 19.3 Å². The minimum Gasteiger partial charge on any atom is -0.264 e. The van der Waals surface area contributed by atoms with Crippen molar-refractivity contribution >= 4 is 15.9 Å². The fourth-order valence-corrected chi connectivity index (χ4v) is 4.12. The molecular formula is C8H12BrNO2. The molecule has 0 spiro atoms. The second-order valence-corrected chi connectivity index (χ2v) is 6.46. The summed E-state index contributed by atoms with van der Waals surface area (Å²) >= 11 is 3.58. The summed E-state index contributed by atoms with van der Waals surface area (Å²) in [6, 6.07) is 0. The molecule has 0 aromatic heterocycles.